The van der Waals surface area contributed by atoms with E-state index in [0.717, 1.165) is 19.3 Å². The molecule has 0 unspecified atom stereocenters. The zero-order valence-electron chi connectivity index (χ0n) is 12.0. The van der Waals surface area contributed by atoms with E-state index in [2.05, 4.69) is 10.6 Å². The number of carbonyl (C=O) groups excluding carboxylic acids is 2. The highest BCUT2D eigenvalue weighted by molar-refractivity contribution is 5.89. The second-order valence-electron chi connectivity index (χ2n) is 5.94. The van der Waals surface area contributed by atoms with Crippen LogP contribution in [-0.2, 0) is 9.59 Å². The molecular weight excluding hydrogens is 262 g/mol. The van der Waals surface area contributed by atoms with E-state index in [1.807, 2.05) is 0 Å². The highest BCUT2D eigenvalue weighted by atomic mass is 16.4. The van der Waals surface area contributed by atoms with E-state index in [4.69, 9.17) is 5.73 Å². The summed E-state index contributed by atoms with van der Waals surface area (Å²) in [7, 11) is 0. The molecule has 0 spiro atoms. The molecular formula is C13H23N3O4. The van der Waals surface area contributed by atoms with Gasteiger partial charge in [-0.2, -0.15) is 0 Å². The lowest BCUT2D eigenvalue weighted by Crippen LogP contribution is -2.57. The molecule has 1 aliphatic rings. The smallest absolute Gasteiger partial charge is 0.315 e. The van der Waals surface area contributed by atoms with E-state index < -0.39 is 28.9 Å². The fourth-order valence-corrected chi connectivity index (χ4v) is 2.33. The van der Waals surface area contributed by atoms with Gasteiger partial charge in [-0.05, 0) is 26.7 Å². The zero-order valence-corrected chi connectivity index (χ0v) is 12.0. The topological polar surface area (TPSA) is 122 Å². The Morgan fingerprint density at radius 2 is 1.75 bits per heavy atom. The lowest BCUT2D eigenvalue weighted by Gasteiger charge is -2.33. The Bertz CT molecular complexity index is 400. The molecule has 0 aromatic carbocycles. The van der Waals surface area contributed by atoms with Crippen LogP contribution in [0.15, 0.2) is 0 Å². The van der Waals surface area contributed by atoms with Crippen LogP contribution in [0, 0.1) is 5.41 Å². The van der Waals surface area contributed by atoms with Crippen molar-refractivity contribution >= 4 is 17.9 Å². The molecule has 1 rings (SSSR count). The molecule has 0 atom stereocenters. The van der Waals surface area contributed by atoms with Gasteiger partial charge < -0.3 is 21.5 Å². The summed E-state index contributed by atoms with van der Waals surface area (Å²) in [5.41, 5.74) is 3.09. The zero-order chi connectivity index (χ0) is 15.4. The summed E-state index contributed by atoms with van der Waals surface area (Å²) in [4.78, 5) is 34.3. The number of carboxylic acids is 1. The van der Waals surface area contributed by atoms with Crippen LogP contribution in [0.5, 0.6) is 0 Å². The Labute approximate surface area is 118 Å². The number of urea groups is 1. The number of aliphatic carboxylic acids is 1. The van der Waals surface area contributed by atoms with E-state index in [0.29, 0.717) is 12.8 Å². The van der Waals surface area contributed by atoms with Crippen LogP contribution in [0.4, 0.5) is 4.79 Å². The maximum atomic E-state index is 11.7. The monoisotopic (exact) mass is 285 g/mol. The van der Waals surface area contributed by atoms with E-state index >= 15 is 0 Å². The first-order chi connectivity index (χ1) is 9.19. The van der Waals surface area contributed by atoms with Crippen LogP contribution in [0.1, 0.15) is 46.0 Å². The molecule has 0 aromatic rings. The molecule has 1 aliphatic carbocycles. The van der Waals surface area contributed by atoms with Crippen LogP contribution in [-0.4, -0.2) is 35.1 Å². The van der Waals surface area contributed by atoms with Gasteiger partial charge in [0, 0.05) is 6.54 Å². The number of nitrogens with two attached hydrogens (primary N) is 1. The SMILES string of the molecule is CC(C)(NC(=O)NCC1(C(=O)O)CCCCC1)C(N)=O. The Morgan fingerprint density at radius 1 is 1.20 bits per heavy atom. The predicted octanol–water partition coefficient (Wildman–Crippen LogP) is 0.585. The molecule has 5 N–H and O–H groups in total. The standard InChI is InChI=1S/C13H23N3O4/c1-12(2,9(14)17)16-11(20)15-8-13(10(18)19)6-4-3-5-7-13/h3-8H2,1-2H3,(H2,14,17)(H,18,19)(H2,15,16,20). The average molecular weight is 285 g/mol. The molecule has 114 valence electrons. The normalized spacial score (nSPS) is 18.1. The van der Waals surface area contributed by atoms with Crippen molar-refractivity contribution in [3.8, 4) is 0 Å². The molecule has 0 aromatic heterocycles. The molecule has 7 heteroatoms. The second-order valence-corrected chi connectivity index (χ2v) is 5.94. The summed E-state index contributed by atoms with van der Waals surface area (Å²) >= 11 is 0. The van der Waals surface area contributed by atoms with Crippen molar-refractivity contribution in [3.63, 3.8) is 0 Å². The minimum atomic E-state index is -1.17. The summed E-state index contributed by atoms with van der Waals surface area (Å²) in [6.45, 7) is 3.04. The highest BCUT2D eigenvalue weighted by Gasteiger charge is 2.40. The van der Waals surface area contributed by atoms with Gasteiger partial charge in [-0.15, -0.1) is 0 Å². The van der Waals surface area contributed by atoms with Crippen LogP contribution in [0.25, 0.3) is 0 Å². The van der Waals surface area contributed by atoms with Gasteiger partial charge in [-0.1, -0.05) is 19.3 Å². The van der Waals surface area contributed by atoms with Crippen LogP contribution < -0.4 is 16.4 Å². The minimum Gasteiger partial charge on any atom is -0.481 e. The number of nitrogens with one attached hydrogen (secondary N) is 2. The van der Waals surface area contributed by atoms with E-state index in [-0.39, 0.29) is 6.54 Å². The van der Waals surface area contributed by atoms with Gasteiger partial charge in [0.2, 0.25) is 5.91 Å². The molecule has 20 heavy (non-hydrogen) atoms. The van der Waals surface area contributed by atoms with Crippen molar-refractivity contribution in [2.45, 2.75) is 51.5 Å². The summed E-state index contributed by atoms with van der Waals surface area (Å²) in [5.74, 6) is -1.54. The van der Waals surface area contributed by atoms with Crippen LogP contribution in [0.3, 0.4) is 0 Å². The third kappa shape index (κ3) is 3.85. The van der Waals surface area contributed by atoms with Gasteiger partial charge in [-0.25, -0.2) is 4.79 Å². The van der Waals surface area contributed by atoms with Crippen LogP contribution >= 0.6 is 0 Å². The first-order valence-electron chi connectivity index (χ1n) is 6.79. The molecule has 7 nitrogen and oxygen atoms in total. The first-order valence-corrected chi connectivity index (χ1v) is 6.79. The molecule has 0 aliphatic heterocycles. The number of carbonyl (C=O) groups is 3. The van der Waals surface area contributed by atoms with E-state index in [1.54, 1.807) is 0 Å². The molecule has 1 saturated carbocycles. The summed E-state index contributed by atoms with van der Waals surface area (Å²) in [6.07, 6.45) is 3.84. The Balaban J connectivity index is 2.58. The van der Waals surface area contributed by atoms with Crippen molar-refractivity contribution in [2.24, 2.45) is 11.1 Å². The number of hydrogen-bond donors (Lipinski definition) is 4. The molecule has 3 amide bonds. The Kier molecular flexibility index (Phi) is 4.97. The number of carboxylic acid groups (broad SMARTS) is 1. The summed E-state index contributed by atoms with van der Waals surface area (Å²) in [5, 5.41) is 14.4. The van der Waals surface area contributed by atoms with Crippen molar-refractivity contribution in [1.82, 2.24) is 10.6 Å². The predicted molar refractivity (Wildman–Crippen MR) is 73.0 cm³/mol. The van der Waals surface area contributed by atoms with Crippen molar-refractivity contribution in [1.29, 1.82) is 0 Å². The van der Waals surface area contributed by atoms with Gasteiger partial charge in [0.05, 0.1) is 5.41 Å². The number of rotatable bonds is 5. The van der Waals surface area contributed by atoms with E-state index in [1.165, 1.54) is 13.8 Å². The summed E-state index contributed by atoms with van der Waals surface area (Å²) in [6, 6.07) is -0.583. The maximum absolute atomic E-state index is 11.7. The lowest BCUT2D eigenvalue weighted by molar-refractivity contribution is -0.150. The molecule has 0 heterocycles. The Hall–Kier alpha value is -1.79. The molecule has 0 radical (unpaired) electrons. The van der Waals surface area contributed by atoms with E-state index in [9.17, 15) is 19.5 Å². The first kappa shape index (κ1) is 16.3. The number of primary amides is 1. The number of hydrogen-bond acceptors (Lipinski definition) is 3. The fourth-order valence-electron chi connectivity index (χ4n) is 2.33. The molecule has 1 fully saturated rings. The second kappa shape index (κ2) is 6.11. The lowest BCUT2D eigenvalue weighted by atomic mass is 9.74. The largest absolute Gasteiger partial charge is 0.481 e. The summed E-state index contributed by atoms with van der Waals surface area (Å²) < 4.78 is 0. The van der Waals surface area contributed by atoms with Gasteiger partial charge in [0.1, 0.15) is 5.54 Å². The average Bonchev–Trinajstić information content (AvgIpc) is 2.36. The Morgan fingerprint density at radius 3 is 2.20 bits per heavy atom. The molecule has 0 bridgehead atoms. The van der Waals surface area contributed by atoms with Crippen molar-refractivity contribution in [2.75, 3.05) is 6.54 Å². The van der Waals surface area contributed by atoms with Crippen molar-refractivity contribution in [3.05, 3.63) is 0 Å². The quantitative estimate of drug-likeness (QED) is 0.590. The minimum absolute atomic E-state index is 0.0585. The molecule has 0 saturated heterocycles. The fraction of sp³-hybridized carbons (Fsp3) is 0.769. The van der Waals surface area contributed by atoms with Crippen LogP contribution in [0.2, 0.25) is 0 Å². The van der Waals surface area contributed by atoms with Gasteiger partial charge in [0.25, 0.3) is 0 Å². The van der Waals surface area contributed by atoms with Gasteiger partial charge in [0.15, 0.2) is 0 Å². The van der Waals surface area contributed by atoms with Gasteiger partial charge in [-0.3, -0.25) is 9.59 Å². The third-order valence-electron chi connectivity index (χ3n) is 3.89. The van der Waals surface area contributed by atoms with Gasteiger partial charge >= 0.3 is 12.0 Å². The van der Waals surface area contributed by atoms with Crippen molar-refractivity contribution < 1.29 is 19.5 Å². The highest BCUT2D eigenvalue weighted by Crippen LogP contribution is 2.35. The maximum Gasteiger partial charge on any atom is 0.315 e. The third-order valence-corrected chi connectivity index (χ3v) is 3.89. The number of amides is 3.